The van der Waals surface area contributed by atoms with Gasteiger partial charge < -0.3 is 4.74 Å². The van der Waals surface area contributed by atoms with E-state index in [9.17, 15) is 0 Å². The van der Waals surface area contributed by atoms with Crippen molar-refractivity contribution in [1.29, 1.82) is 0 Å². The van der Waals surface area contributed by atoms with Crippen LogP contribution >= 0.6 is 15.9 Å². The highest BCUT2D eigenvalue weighted by Gasteiger charge is 2.21. The predicted octanol–water partition coefficient (Wildman–Crippen LogP) is 2.57. The highest BCUT2D eigenvalue weighted by atomic mass is 79.9. The summed E-state index contributed by atoms with van der Waals surface area (Å²) >= 11 is 3.52. The lowest BCUT2D eigenvalue weighted by Gasteiger charge is -2.20. The maximum absolute atomic E-state index is 5.62. The normalized spacial score (nSPS) is 16.8. The first-order chi connectivity index (χ1) is 7.74. The van der Waals surface area contributed by atoms with Gasteiger partial charge >= 0.3 is 0 Å². The zero-order chi connectivity index (χ0) is 11.5. The number of ether oxygens (including phenoxy) is 1. The van der Waals surface area contributed by atoms with Crippen molar-refractivity contribution in [3.8, 4) is 0 Å². The number of benzene rings is 1. The average Bonchev–Trinajstić information content (AvgIpc) is 2.79. The van der Waals surface area contributed by atoms with E-state index in [0.29, 0.717) is 0 Å². The molecular weight excluding hydrogens is 268 g/mol. The Kier molecular flexibility index (Phi) is 3.63. The number of hydrogen-bond donors (Lipinski definition) is 2. The van der Waals surface area contributed by atoms with Gasteiger partial charge in [0.15, 0.2) is 0 Å². The van der Waals surface area contributed by atoms with Crippen LogP contribution in [0.2, 0.25) is 0 Å². The molecule has 3 N–H and O–H groups in total. The fourth-order valence-electron chi connectivity index (χ4n) is 1.90. The number of nitrogens with two attached hydrogens (primary N) is 1. The van der Waals surface area contributed by atoms with Gasteiger partial charge in [-0.25, -0.2) is 5.43 Å². The van der Waals surface area contributed by atoms with E-state index in [0.717, 1.165) is 28.8 Å². The van der Waals surface area contributed by atoms with E-state index in [4.69, 9.17) is 10.6 Å². The highest BCUT2D eigenvalue weighted by molar-refractivity contribution is 9.10. The average molecular weight is 283 g/mol. The molecular formula is C12H15BrN2O. The molecule has 2 rings (SSSR count). The third-order valence-electron chi connectivity index (χ3n) is 2.80. The molecule has 0 aromatic heterocycles. The molecule has 1 aliphatic heterocycles. The molecule has 0 spiro atoms. The Hall–Kier alpha value is -0.840. The van der Waals surface area contributed by atoms with Crippen LogP contribution in [-0.2, 0) is 4.74 Å². The Morgan fingerprint density at radius 2 is 2.31 bits per heavy atom. The molecule has 16 heavy (non-hydrogen) atoms. The monoisotopic (exact) mass is 282 g/mol. The minimum Gasteiger partial charge on any atom is -0.496 e. The summed E-state index contributed by atoms with van der Waals surface area (Å²) in [5, 5.41) is 0. The maximum atomic E-state index is 5.62. The molecule has 0 saturated carbocycles. The molecule has 0 bridgehead atoms. The van der Waals surface area contributed by atoms with E-state index in [1.165, 1.54) is 5.56 Å². The molecule has 3 nitrogen and oxygen atoms in total. The molecule has 86 valence electrons. The zero-order valence-corrected chi connectivity index (χ0v) is 10.8. The van der Waals surface area contributed by atoms with E-state index >= 15 is 0 Å². The Bertz CT molecular complexity index is 417. The van der Waals surface area contributed by atoms with Gasteiger partial charge in [-0.2, -0.15) is 0 Å². The summed E-state index contributed by atoms with van der Waals surface area (Å²) in [7, 11) is 0. The maximum Gasteiger partial charge on any atom is 0.115 e. The van der Waals surface area contributed by atoms with Crippen molar-refractivity contribution in [2.45, 2.75) is 19.4 Å². The fourth-order valence-corrected chi connectivity index (χ4v) is 2.28. The van der Waals surface area contributed by atoms with Gasteiger partial charge in [0.1, 0.15) is 11.8 Å². The number of halogens is 1. The van der Waals surface area contributed by atoms with Crippen molar-refractivity contribution in [3.63, 3.8) is 0 Å². The summed E-state index contributed by atoms with van der Waals surface area (Å²) in [6, 6.07) is 6.04. The molecule has 4 heteroatoms. The van der Waals surface area contributed by atoms with Crippen molar-refractivity contribution in [2.75, 3.05) is 6.61 Å². The summed E-state index contributed by atoms with van der Waals surface area (Å²) in [4.78, 5) is 0. The summed E-state index contributed by atoms with van der Waals surface area (Å²) in [6.45, 7) is 2.82. The second-order valence-corrected chi connectivity index (χ2v) is 4.65. The van der Waals surface area contributed by atoms with Crippen LogP contribution < -0.4 is 11.3 Å². The lowest BCUT2D eigenvalue weighted by atomic mass is 10.0. The van der Waals surface area contributed by atoms with E-state index in [-0.39, 0.29) is 6.04 Å². The topological polar surface area (TPSA) is 47.3 Å². The molecule has 0 aliphatic carbocycles. The number of rotatable bonds is 3. The number of hydrogen-bond acceptors (Lipinski definition) is 3. The van der Waals surface area contributed by atoms with Gasteiger partial charge in [0.05, 0.1) is 6.61 Å². The molecule has 1 atom stereocenters. The minimum absolute atomic E-state index is 0.0556. The molecule has 1 heterocycles. The van der Waals surface area contributed by atoms with Crippen LogP contribution in [0.1, 0.15) is 23.6 Å². The largest absolute Gasteiger partial charge is 0.496 e. The summed E-state index contributed by atoms with van der Waals surface area (Å²) < 4.78 is 6.65. The first kappa shape index (κ1) is 11.6. The van der Waals surface area contributed by atoms with Crippen LogP contribution in [0.15, 0.2) is 34.5 Å². The van der Waals surface area contributed by atoms with Gasteiger partial charge in [-0.1, -0.05) is 28.1 Å². The van der Waals surface area contributed by atoms with Gasteiger partial charge in [-0.05, 0) is 30.2 Å². The SMILES string of the molecule is Cc1c(Br)cccc1C(NN)C1=CCCO1. The van der Waals surface area contributed by atoms with Crippen molar-refractivity contribution < 1.29 is 4.74 Å². The Morgan fingerprint density at radius 3 is 2.94 bits per heavy atom. The van der Waals surface area contributed by atoms with Gasteiger partial charge in [-0.15, -0.1) is 0 Å². The lowest BCUT2D eigenvalue weighted by Crippen LogP contribution is -2.30. The van der Waals surface area contributed by atoms with Crippen LogP contribution in [0, 0.1) is 6.92 Å². The van der Waals surface area contributed by atoms with Crippen LogP contribution in [0.25, 0.3) is 0 Å². The van der Waals surface area contributed by atoms with Gasteiger partial charge in [0, 0.05) is 10.9 Å². The van der Waals surface area contributed by atoms with E-state index in [1.54, 1.807) is 0 Å². The quantitative estimate of drug-likeness (QED) is 0.662. The minimum atomic E-state index is -0.0556. The Balaban J connectivity index is 2.36. The standard InChI is InChI=1S/C12H15BrN2O/c1-8-9(4-2-5-10(8)13)12(15-14)11-6-3-7-16-11/h2,4-6,12,15H,3,7,14H2,1H3. The Labute approximate surface area is 104 Å². The van der Waals surface area contributed by atoms with Crippen molar-refractivity contribution in [3.05, 3.63) is 45.6 Å². The van der Waals surface area contributed by atoms with Crippen LogP contribution in [-0.4, -0.2) is 6.61 Å². The lowest BCUT2D eigenvalue weighted by molar-refractivity contribution is 0.215. The van der Waals surface area contributed by atoms with Crippen molar-refractivity contribution in [2.24, 2.45) is 5.84 Å². The zero-order valence-electron chi connectivity index (χ0n) is 9.16. The number of nitrogens with one attached hydrogen (secondary N) is 1. The molecule has 1 unspecified atom stereocenters. The third kappa shape index (κ3) is 2.14. The second-order valence-electron chi connectivity index (χ2n) is 3.80. The first-order valence-corrected chi connectivity index (χ1v) is 6.07. The second kappa shape index (κ2) is 4.99. The van der Waals surface area contributed by atoms with Crippen molar-refractivity contribution >= 4 is 15.9 Å². The van der Waals surface area contributed by atoms with Crippen LogP contribution in [0.3, 0.4) is 0 Å². The molecule has 0 amide bonds. The third-order valence-corrected chi connectivity index (χ3v) is 3.66. The fraction of sp³-hybridized carbons (Fsp3) is 0.333. The highest BCUT2D eigenvalue weighted by Crippen LogP contribution is 2.30. The van der Waals surface area contributed by atoms with E-state index in [1.807, 2.05) is 12.1 Å². The first-order valence-electron chi connectivity index (χ1n) is 5.28. The molecule has 0 saturated heterocycles. The summed E-state index contributed by atoms with van der Waals surface area (Å²) in [5.74, 6) is 6.54. The van der Waals surface area contributed by atoms with E-state index in [2.05, 4.69) is 40.4 Å². The summed E-state index contributed by atoms with van der Waals surface area (Å²) in [5.41, 5.74) is 5.14. The van der Waals surface area contributed by atoms with Gasteiger partial charge in [-0.3, -0.25) is 5.84 Å². The van der Waals surface area contributed by atoms with Crippen molar-refractivity contribution in [1.82, 2.24) is 5.43 Å². The van der Waals surface area contributed by atoms with Crippen LogP contribution in [0.5, 0.6) is 0 Å². The summed E-state index contributed by atoms with van der Waals surface area (Å²) in [6.07, 6.45) is 3.05. The molecule has 1 aromatic rings. The van der Waals surface area contributed by atoms with Crippen LogP contribution in [0.4, 0.5) is 0 Å². The van der Waals surface area contributed by atoms with E-state index < -0.39 is 0 Å². The van der Waals surface area contributed by atoms with Gasteiger partial charge in [0.2, 0.25) is 0 Å². The molecule has 0 radical (unpaired) electrons. The predicted molar refractivity (Wildman–Crippen MR) is 67.6 cm³/mol. The molecule has 0 fully saturated rings. The Morgan fingerprint density at radius 1 is 1.50 bits per heavy atom. The smallest absolute Gasteiger partial charge is 0.115 e. The molecule has 1 aromatic carbocycles. The molecule has 1 aliphatic rings. The van der Waals surface area contributed by atoms with Gasteiger partial charge in [0.25, 0.3) is 0 Å². The number of hydrazine groups is 1.